The van der Waals surface area contributed by atoms with Crippen LogP contribution >= 0.6 is 0 Å². The molecule has 0 spiro atoms. The third kappa shape index (κ3) is 7.47. The highest BCUT2D eigenvalue weighted by atomic mass is 19.1. The second kappa shape index (κ2) is 12.9. The maximum atomic E-state index is 13.6. The zero-order valence-electron chi connectivity index (χ0n) is 21.3. The molecule has 2 aromatic carbocycles. The van der Waals surface area contributed by atoms with Gasteiger partial charge in [-0.15, -0.1) is 0 Å². The van der Waals surface area contributed by atoms with Gasteiger partial charge in [0.05, 0.1) is 30.9 Å². The molecule has 0 unspecified atom stereocenters. The second-order valence-electron chi connectivity index (χ2n) is 9.39. The highest BCUT2D eigenvalue weighted by molar-refractivity contribution is 5.94. The third-order valence-corrected chi connectivity index (χ3v) is 6.07. The standard InChI is InChI=1S/C28H31FN4O5/c1-17(2)26-24(13-12-22(34)14-23(35)15-25(36)37)33(21-10-6-19(29)7-11-21)32-27(26)28(38)31-16-18-4-8-20(30-3)9-5-18/h4-11,17,22-23,34-35H,12-16H2,1-2H3,(H,31,38)(H,36,37)/t22-,23-/m1/s1. The van der Waals surface area contributed by atoms with Crippen molar-refractivity contribution in [1.82, 2.24) is 15.1 Å². The van der Waals surface area contributed by atoms with Crippen LogP contribution in [0.5, 0.6) is 0 Å². The molecule has 1 amide bonds. The molecule has 0 bridgehead atoms. The van der Waals surface area contributed by atoms with Crippen LogP contribution in [0.25, 0.3) is 10.5 Å². The van der Waals surface area contributed by atoms with E-state index in [0.29, 0.717) is 22.6 Å². The minimum atomic E-state index is -1.18. The number of benzene rings is 2. The number of aliphatic hydroxyl groups excluding tert-OH is 2. The summed E-state index contributed by atoms with van der Waals surface area (Å²) in [5.74, 6) is -2.09. The number of hydrogen-bond donors (Lipinski definition) is 4. The SMILES string of the molecule is [C-]#[N+]c1ccc(CNC(=O)c2nn(-c3ccc(F)cc3)c(CC[C@@H](O)C[C@@H](O)CC(=O)O)c2C(C)C)cc1. The van der Waals surface area contributed by atoms with Crippen LogP contribution in [0.2, 0.25) is 0 Å². The van der Waals surface area contributed by atoms with Crippen molar-refractivity contribution in [2.45, 2.75) is 64.2 Å². The highest BCUT2D eigenvalue weighted by Crippen LogP contribution is 2.28. The van der Waals surface area contributed by atoms with Crippen molar-refractivity contribution in [3.63, 3.8) is 0 Å². The fraction of sp³-hybridized carbons (Fsp3) is 0.357. The van der Waals surface area contributed by atoms with Gasteiger partial charge in [-0.3, -0.25) is 9.59 Å². The van der Waals surface area contributed by atoms with Crippen LogP contribution < -0.4 is 5.32 Å². The number of carbonyl (C=O) groups is 2. The monoisotopic (exact) mass is 522 g/mol. The van der Waals surface area contributed by atoms with Crippen molar-refractivity contribution in [2.75, 3.05) is 0 Å². The van der Waals surface area contributed by atoms with E-state index in [1.807, 2.05) is 13.8 Å². The molecule has 200 valence electrons. The average molecular weight is 523 g/mol. The number of amides is 1. The molecule has 1 heterocycles. The van der Waals surface area contributed by atoms with Crippen LogP contribution in [0.4, 0.5) is 10.1 Å². The van der Waals surface area contributed by atoms with Crippen molar-refractivity contribution < 1.29 is 29.3 Å². The Bertz CT molecular complexity index is 1300. The molecule has 4 N–H and O–H groups in total. The zero-order chi connectivity index (χ0) is 27.8. The fourth-order valence-corrected chi connectivity index (χ4v) is 4.25. The first-order chi connectivity index (χ1) is 18.1. The number of nitrogens with one attached hydrogen (secondary N) is 1. The van der Waals surface area contributed by atoms with Gasteiger partial charge >= 0.3 is 5.97 Å². The van der Waals surface area contributed by atoms with Crippen LogP contribution in [0.15, 0.2) is 48.5 Å². The summed E-state index contributed by atoms with van der Waals surface area (Å²) in [7, 11) is 0. The summed E-state index contributed by atoms with van der Waals surface area (Å²) >= 11 is 0. The topological polar surface area (TPSA) is 129 Å². The molecule has 0 fully saturated rings. The number of halogens is 1. The largest absolute Gasteiger partial charge is 0.481 e. The summed E-state index contributed by atoms with van der Waals surface area (Å²) < 4.78 is 15.2. The van der Waals surface area contributed by atoms with Crippen LogP contribution in [0.1, 0.15) is 66.3 Å². The van der Waals surface area contributed by atoms with Crippen LogP contribution in [-0.4, -0.2) is 49.2 Å². The summed E-state index contributed by atoms with van der Waals surface area (Å²) in [6, 6.07) is 12.5. The van der Waals surface area contributed by atoms with Gasteiger partial charge in [-0.05, 0) is 55.0 Å². The number of carboxylic acid groups (broad SMARTS) is 1. The number of nitrogens with zero attached hydrogens (tertiary/aromatic N) is 3. The second-order valence-corrected chi connectivity index (χ2v) is 9.39. The Labute approximate surface area is 220 Å². The van der Waals surface area contributed by atoms with Crippen LogP contribution in [0.3, 0.4) is 0 Å². The molecule has 0 saturated heterocycles. The van der Waals surface area contributed by atoms with Gasteiger partial charge in [-0.1, -0.05) is 38.1 Å². The number of carbonyl (C=O) groups excluding carboxylic acids is 1. The molecular weight excluding hydrogens is 491 g/mol. The van der Waals surface area contributed by atoms with Crippen molar-refractivity contribution in [2.24, 2.45) is 0 Å². The summed E-state index contributed by atoms with van der Waals surface area (Å²) in [4.78, 5) is 27.5. The smallest absolute Gasteiger partial charge is 0.305 e. The van der Waals surface area contributed by atoms with Crippen molar-refractivity contribution >= 4 is 17.6 Å². The van der Waals surface area contributed by atoms with Gasteiger partial charge < -0.3 is 20.6 Å². The fourth-order valence-electron chi connectivity index (χ4n) is 4.25. The van der Waals surface area contributed by atoms with E-state index in [2.05, 4.69) is 15.3 Å². The highest BCUT2D eigenvalue weighted by Gasteiger charge is 2.26. The van der Waals surface area contributed by atoms with E-state index in [4.69, 9.17) is 11.7 Å². The Hall–Kier alpha value is -4.07. The van der Waals surface area contributed by atoms with Gasteiger partial charge in [-0.2, -0.15) is 5.10 Å². The van der Waals surface area contributed by atoms with Gasteiger partial charge in [0.2, 0.25) is 0 Å². The van der Waals surface area contributed by atoms with Crippen molar-refractivity contribution in [1.29, 1.82) is 0 Å². The maximum Gasteiger partial charge on any atom is 0.305 e. The van der Waals surface area contributed by atoms with E-state index < -0.39 is 36.3 Å². The summed E-state index contributed by atoms with van der Waals surface area (Å²) in [5, 5.41) is 36.6. The molecule has 3 aromatic rings. The van der Waals surface area contributed by atoms with E-state index in [1.165, 1.54) is 12.1 Å². The third-order valence-electron chi connectivity index (χ3n) is 6.07. The summed E-state index contributed by atoms with van der Waals surface area (Å²) in [6.45, 7) is 11.1. The predicted octanol–water partition coefficient (Wildman–Crippen LogP) is 4.13. The lowest BCUT2D eigenvalue weighted by Gasteiger charge is -2.16. The van der Waals surface area contributed by atoms with E-state index in [0.717, 1.165) is 5.56 Å². The minimum absolute atomic E-state index is 0.104. The Morgan fingerprint density at radius 2 is 1.74 bits per heavy atom. The molecule has 0 radical (unpaired) electrons. The number of carboxylic acids is 1. The number of hydrogen-bond acceptors (Lipinski definition) is 5. The summed E-state index contributed by atoms with van der Waals surface area (Å²) in [5.41, 5.74) is 3.40. The number of aliphatic carboxylic acids is 1. The van der Waals surface area contributed by atoms with E-state index in [9.17, 15) is 24.2 Å². The van der Waals surface area contributed by atoms with Crippen LogP contribution in [-0.2, 0) is 17.8 Å². The quantitative estimate of drug-likeness (QED) is 0.265. The molecule has 0 aliphatic carbocycles. The first-order valence-corrected chi connectivity index (χ1v) is 12.3. The molecular formula is C28H31FN4O5. The molecule has 10 heteroatoms. The average Bonchev–Trinajstić information content (AvgIpc) is 3.26. The van der Waals surface area contributed by atoms with E-state index in [-0.39, 0.29) is 37.4 Å². The Kier molecular flexibility index (Phi) is 9.71. The Balaban J connectivity index is 1.89. The lowest BCUT2D eigenvalue weighted by atomic mass is 9.95. The number of aliphatic hydroxyl groups is 2. The Morgan fingerprint density at radius 1 is 1.08 bits per heavy atom. The van der Waals surface area contributed by atoms with E-state index >= 15 is 0 Å². The molecule has 1 aromatic heterocycles. The lowest BCUT2D eigenvalue weighted by molar-refractivity contribution is -0.139. The molecule has 38 heavy (non-hydrogen) atoms. The first-order valence-electron chi connectivity index (χ1n) is 12.3. The normalized spacial score (nSPS) is 12.7. The van der Waals surface area contributed by atoms with Crippen LogP contribution in [0, 0.1) is 12.4 Å². The minimum Gasteiger partial charge on any atom is -0.481 e. The zero-order valence-corrected chi connectivity index (χ0v) is 21.3. The van der Waals surface area contributed by atoms with E-state index in [1.54, 1.807) is 41.1 Å². The van der Waals surface area contributed by atoms with Gasteiger partial charge in [0, 0.05) is 17.8 Å². The van der Waals surface area contributed by atoms with Gasteiger partial charge in [0.15, 0.2) is 11.4 Å². The van der Waals surface area contributed by atoms with Gasteiger partial charge in [-0.25, -0.2) is 13.9 Å². The molecule has 3 rings (SSSR count). The number of rotatable bonds is 12. The first kappa shape index (κ1) is 28.5. The van der Waals surface area contributed by atoms with Gasteiger partial charge in [0.1, 0.15) is 5.82 Å². The molecule has 9 nitrogen and oxygen atoms in total. The molecule has 0 saturated carbocycles. The lowest BCUT2D eigenvalue weighted by Crippen LogP contribution is -2.24. The van der Waals surface area contributed by atoms with Crippen molar-refractivity contribution in [3.05, 3.63) is 88.3 Å². The maximum absolute atomic E-state index is 13.6. The van der Waals surface area contributed by atoms with Crippen molar-refractivity contribution in [3.8, 4) is 5.69 Å². The Morgan fingerprint density at radius 3 is 2.32 bits per heavy atom. The summed E-state index contributed by atoms with van der Waals surface area (Å²) in [6.07, 6.45) is -2.25. The number of aromatic nitrogens is 2. The molecule has 2 atom stereocenters. The molecule has 0 aliphatic heterocycles. The molecule has 0 aliphatic rings. The predicted molar refractivity (Wildman–Crippen MR) is 139 cm³/mol. The van der Waals surface area contributed by atoms with Gasteiger partial charge in [0.25, 0.3) is 5.91 Å².